The van der Waals surface area contributed by atoms with E-state index in [-0.39, 0.29) is 12.4 Å². The fraction of sp³-hybridized carbons (Fsp3) is 0.556. The van der Waals surface area contributed by atoms with E-state index in [9.17, 15) is 4.79 Å². The molecule has 3 heteroatoms. The average molecular weight is 168 g/mol. The molecule has 0 unspecified atom stereocenters. The molecule has 0 radical (unpaired) electrons. The van der Waals surface area contributed by atoms with Crippen molar-refractivity contribution in [3.05, 3.63) is 5.76 Å². The highest BCUT2D eigenvalue weighted by molar-refractivity contribution is 5.49. The molecule has 0 saturated carbocycles. The lowest BCUT2D eigenvalue weighted by atomic mass is 10.5. The van der Waals surface area contributed by atoms with Gasteiger partial charge in [0.1, 0.15) is 13.2 Å². The highest BCUT2D eigenvalue weighted by Gasteiger charge is 2.04. The zero-order chi connectivity index (χ0) is 9.23. The Balaban J connectivity index is 0.000000261. The summed E-state index contributed by atoms with van der Waals surface area (Å²) in [4.78, 5) is 9.79. The van der Waals surface area contributed by atoms with Gasteiger partial charge in [0.15, 0.2) is 5.94 Å². The molecule has 0 spiro atoms. The Hall–Kier alpha value is -1.23. The molecule has 1 rings (SSSR count). The largest absolute Gasteiger partial charge is 0.482 e. The summed E-state index contributed by atoms with van der Waals surface area (Å²) in [6.07, 6.45) is 5.62. The fourth-order valence-electron chi connectivity index (χ4n) is 0.489. The van der Waals surface area contributed by atoms with E-state index in [1.807, 2.05) is 6.92 Å². The van der Waals surface area contributed by atoms with Gasteiger partial charge >= 0.3 is 0 Å². The molecule has 0 aliphatic carbocycles. The van der Waals surface area contributed by atoms with Gasteiger partial charge in [0.25, 0.3) is 0 Å². The molecule has 0 bridgehead atoms. The lowest BCUT2D eigenvalue weighted by molar-refractivity contribution is 0.0159. The second-order valence-electron chi connectivity index (χ2n) is 1.98. The minimum atomic E-state index is 0.274. The molecule has 1 heterocycles. The van der Waals surface area contributed by atoms with Crippen molar-refractivity contribution in [1.82, 2.24) is 0 Å². The van der Waals surface area contributed by atoms with E-state index < -0.39 is 0 Å². The molecule has 1 saturated heterocycles. The average Bonchev–Trinajstić information content (AvgIpc) is 2.19. The molecule has 0 atom stereocenters. The molecule has 0 aromatic carbocycles. The summed E-state index contributed by atoms with van der Waals surface area (Å²) in [6.45, 7) is 3.28. The Morgan fingerprint density at radius 2 is 2.25 bits per heavy atom. The minimum Gasteiger partial charge on any atom is -0.482 e. The van der Waals surface area contributed by atoms with Gasteiger partial charge in [0.05, 0.1) is 6.61 Å². The molecule has 0 N–H and O–H groups in total. The van der Waals surface area contributed by atoms with Gasteiger partial charge in [-0.05, 0) is 0 Å². The van der Waals surface area contributed by atoms with Gasteiger partial charge < -0.3 is 9.47 Å². The molecule has 1 aliphatic rings. The highest BCUT2D eigenvalue weighted by atomic mass is 16.6. The van der Waals surface area contributed by atoms with Crippen LogP contribution in [0.25, 0.3) is 0 Å². The summed E-state index contributed by atoms with van der Waals surface area (Å²) < 4.78 is 9.64. The normalized spacial score (nSPS) is 14.5. The molecule has 12 heavy (non-hydrogen) atoms. The van der Waals surface area contributed by atoms with Crippen molar-refractivity contribution >= 4 is 5.94 Å². The smallest absolute Gasteiger partial charge is 0.205 e. The maximum absolute atomic E-state index is 9.79. The van der Waals surface area contributed by atoms with Crippen LogP contribution in [0.2, 0.25) is 0 Å². The van der Waals surface area contributed by atoms with Crippen molar-refractivity contribution in [3.8, 4) is 12.3 Å². The lowest BCUT2D eigenvalue weighted by Crippen LogP contribution is -2.15. The van der Waals surface area contributed by atoms with Crippen LogP contribution in [-0.4, -0.2) is 25.8 Å². The first kappa shape index (κ1) is 10.8. The van der Waals surface area contributed by atoms with Crippen LogP contribution in [0.5, 0.6) is 0 Å². The number of ether oxygens (including phenoxy) is 2. The molecular formula is C9H12O3. The van der Waals surface area contributed by atoms with E-state index in [0.29, 0.717) is 13.2 Å². The van der Waals surface area contributed by atoms with Gasteiger partial charge in [0, 0.05) is 6.42 Å². The monoisotopic (exact) mass is 168 g/mol. The third kappa shape index (κ3) is 5.55. The third-order valence-corrected chi connectivity index (χ3v) is 1.06. The van der Waals surface area contributed by atoms with Crippen LogP contribution in [0.3, 0.4) is 0 Å². The molecule has 3 nitrogen and oxygen atoms in total. The van der Waals surface area contributed by atoms with Crippen LogP contribution in [0.15, 0.2) is 5.76 Å². The second-order valence-corrected chi connectivity index (χ2v) is 1.98. The van der Waals surface area contributed by atoms with Crippen molar-refractivity contribution in [1.29, 1.82) is 0 Å². The van der Waals surface area contributed by atoms with Crippen LogP contribution in [0.4, 0.5) is 0 Å². The number of hydrogen-bond acceptors (Lipinski definition) is 3. The van der Waals surface area contributed by atoms with Crippen LogP contribution in [-0.2, 0) is 14.3 Å². The number of terminal acetylenes is 1. The molecule has 0 aromatic heterocycles. The Labute approximate surface area is 72.4 Å². The molecule has 1 aliphatic heterocycles. The first-order valence-electron chi connectivity index (χ1n) is 3.73. The standard InChI is InChI=1S/C5H6O3.C4H6/c6-3-5-4-7-1-2-8-5;1-3-4-2/h1-2,4H2;1H,4H2,2H3. The van der Waals surface area contributed by atoms with Crippen LogP contribution >= 0.6 is 0 Å². The quantitative estimate of drug-likeness (QED) is 0.396. The van der Waals surface area contributed by atoms with E-state index in [0.717, 1.165) is 6.42 Å². The third-order valence-electron chi connectivity index (χ3n) is 1.06. The predicted octanol–water partition coefficient (Wildman–Crippen LogP) is 0.778. The Kier molecular flexibility index (Phi) is 7.07. The molecule has 1 fully saturated rings. The first-order valence-corrected chi connectivity index (χ1v) is 3.73. The zero-order valence-electron chi connectivity index (χ0n) is 7.13. The lowest BCUT2D eigenvalue weighted by Gasteiger charge is -2.12. The summed E-state index contributed by atoms with van der Waals surface area (Å²) in [6, 6.07) is 0. The Morgan fingerprint density at radius 1 is 1.58 bits per heavy atom. The van der Waals surface area contributed by atoms with Gasteiger partial charge in [-0.1, -0.05) is 6.92 Å². The number of hydrogen-bond donors (Lipinski definition) is 0. The SMILES string of the molecule is C#CCC.O=C=C1COCCO1. The molecular weight excluding hydrogens is 156 g/mol. The molecule has 66 valence electrons. The maximum Gasteiger partial charge on any atom is 0.205 e. The topological polar surface area (TPSA) is 35.5 Å². The summed E-state index contributed by atoms with van der Waals surface area (Å²) in [5.74, 6) is 4.33. The van der Waals surface area contributed by atoms with Crippen molar-refractivity contribution in [2.75, 3.05) is 19.8 Å². The number of carbonyl (C=O) groups excluding carboxylic acids is 1. The van der Waals surface area contributed by atoms with Gasteiger partial charge in [-0.2, -0.15) is 0 Å². The van der Waals surface area contributed by atoms with E-state index in [2.05, 4.69) is 5.92 Å². The highest BCUT2D eigenvalue weighted by Crippen LogP contribution is 1.98. The summed E-state index contributed by atoms with van der Waals surface area (Å²) in [5.41, 5.74) is 0. The predicted molar refractivity (Wildman–Crippen MR) is 45.1 cm³/mol. The zero-order valence-corrected chi connectivity index (χ0v) is 7.13. The summed E-state index contributed by atoms with van der Waals surface area (Å²) in [5, 5.41) is 0. The van der Waals surface area contributed by atoms with Crippen molar-refractivity contribution in [2.24, 2.45) is 0 Å². The van der Waals surface area contributed by atoms with Gasteiger partial charge in [-0.3, -0.25) is 0 Å². The van der Waals surface area contributed by atoms with E-state index >= 15 is 0 Å². The molecule has 0 aromatic rings. The van der Waals surface area contributed by atoms with Crippen LogP contribution in [0.1, 0.15) is 13.3 Å². The van der Waals surface area contributed by atoms with Gasteiger partial charge in [-0.25, -0.2) is 4.79 Å². The van der Waals surface area contributed by atoms with E-state index in [1.54, 1.807) is 5.94 Å². The summed E-state index contributed by atoms with van der Waals surface area (Å²) >= 11 is 0. The van der Waals surface area contributed by atoms with Crippen molar-refractivity contribution in [2.45, 2.75) is 13.3 Å². The Bertz CT molecular complexity index is 188. The van der Waals surface area contributed by atoms with Crippen molar-refractivity contribution < 1.29 is 14.3 Å². The number of rotatable bonds is 0. The van der Waals surface area contributed by atoms with E-state index in [1.165, 1.54) is 0 Å². The fourth-order valence-corrected chi connectivity index (χ4v) is 0.489. The Morgan fingerprint density at radius 3 is 2.50 bits per heavy atom. The minimum absolute atomic E-state index is 0.274. The first-order chi connectivity index (χ1) is 5.85. The van der Waals surface area contributed by atoms with Crippen molar-refractivity contribution in [3.63, 3.8) is 0 Å². The van der Waals surface area contributed by atoms with Gasteiger partial charge in [0.2, 0.25) is 5.76 Å². The maximum atomic E-state index is 9.79. The van der Waals surface area contributed by atoms with Gasteiger partial charge in [-0.15, -0.1) is 12.3 Å². The van der Waals surface area contributed by atoms with E-state index in [4.69, 9.17) is 15.9 Å². The summed E-state index contributed by atoms with van der Waals surface area (Å²) in [7, 11) is 0. The van der Waals surface area contributed by atoms with Crippen LogP contribution < -0.4 is 0 Å². The van der Waals surface area contributed by atoms with Crippen LogP contribution in [0, 0.1) is 12.3 Å². The second kappa shape index (κ2) is 7.87. The molecule has 0 amide bonds.